The van der Waals surface area contributed by atoms with Gasteiger partial charge in [0.25, 0.3) is 0 Å². The van der Waals surface area contributed by atoms with Gasteiger partial charge in [0, 0.05) is 13.1 Å². The van der Waals surface area contributed by atoms with E-state index in [4.69, 9.17) is 11.6 Å². The van der Waals surface area contributed by atoms with Crippen LogP contribution < -0.4 is 10.6 Å². The van der Waals surface area contributed by atoms with Gasteiger partial charge < -0.3 is 10.6 Å². The van der Waals surface area contributed by atoms with Crippen molar-refractivity contribution in [2.75, 3.05) is 18.1 Å². The Balaban J connectivity index is 2.57. The maximum atomic E-state index is 11.4. The SMILES string of the molecule is CNc1nc(Cl)nc(SCC(=O)NC(C)C)n1. The summed E-state index contributed by atoms with van der Waals surface area (Å²) in [6.07, 6.45) is 0. The van der Waals surface area contributed by atoms with E-state index in [1.807, 2.05) is 13.8 Å². The van der Waals surface area contributed by atoms with Crippen LogP contribution in [0.15, 0.2) is 5.16 Å². The first kappa shape index (κ1) is 14.0. The highest BCUT2D eigenvalue weighted by Crippen LogP contribution is 2.16. The Labute approximate surface area is 109 Å². The summed E-state index contributed by atoms with van der Waals surface area (Å²) in [4.78, 5) is 23.2. The lowest BCUT2D eigenvalue weighted by Gasteiger charge is -2.07. The molecule has 1 amide bonds. The van der Waals surface area contributed by atoms with Gasteiger partial charge in [0.2, 0.25) is 17.1 Å². The number of thioether (sulfide) groups is 1. The van der Waals surface area contributed by atoms with Crippen molar-refractivity contribution in [3.05, 3.63) is 5.28 Å². The molecule has 0 fully saturated rings. The Morgan fingerprint density at radius 3 is 2.71 bits per heavy atom. The highest BCUT2D eigenvalue weighted by Gasteiger charge is 2.08. The van der Waals surface area contributed by atoms with Gasteiger partial charge in [-0.05, 0) is 25.4 Å². The normalized spacial score (nSPS) is 10.4. The van der Waals surface area contributed by atoms with Crippen LogP contribution in [0.1, 0.15) is 13.8 Å². The molecule has 94 valence electrons. The predicted octanol–water partition coefficient (Wildman–Crippen LogP) is 1.18. The summed E-state index contributed by atoms with van der Waals surface area (Å²) in [5.41, 5.74) is 0. The van der Waals surface area contributed by atoms with E-state index in [0.717, 1.165) is 0 Å². The second-order valence-electron chi connectivity index (χ2n) is 3.47. The Hall–Kier alpha value is -1.08. The van der Waals surface area contributed by atoms with E-state index in [1.165, 1.54) is 11.8 Å². The van der Waals surface area contributed by atoms with Crippen molar-refractivity contribution in [3.8, 4) is 0 Å². The molecule has 0 saturated heterocycles. The lowest BCUT2D eigenvalue weighted by Crippen LogP contribution is -2.31. The average Bonchev–Trinajstić information content (AvgIpc) is 2.24. The molecular formula is C9H14ClN5OS. The number of amides is 1. The van der Waals surface area contributed by atoms with Gasteiger partial charge in [-0.25, -0.2) is 0 Å². The van der Waals surface area contributed by atoms with E-state index in [2.05, 4.69) is 25.6 Å². The summed E-state index contributed by atoms with van der Waals surface area (Å²) in [6.45, 7) is 3.81. The minimum absolute atomic E-state index is 0.0625. The molecule has 0 aliphatic rings. The molecule has 1 heterocycles. The first-order valence-corrected chi connectivity index (χ1v) is 6.39. The number of aromatic nitrogens is 3. The molecule has 0 aromatic carbocycles. The van der Waals surface area contributed by atoms with Gasteiger partial charge in [-0.3, -0.25) is 4.79 Å². The number of rotatable bonds is 5. The summed E-state index contributed by atoms with van der Waals surface area (Å²) < 4.78 is 0. The molecule has 0 atom stereocenters. The molecule has 0 radical (unpaired) electrons. The van der Waals surface area contributed by atoms with Gasteiger partial charge in [0.15, 0.2) is 5.16 Å². The van der Waals surface area contributed by atoms with Gasteiger partial charge in [-0.2, -0.15) is 15.0 Å². The first-order chi connectivity index (χ1) is 8.01. The maximum absolute atomic E-state index is 11.4. The van der Waals surface area contributed by atoms with Crippen molar-refractivity contribution < 1.29 is 4.79 Å². The van der Waals surface area contributed by atoms with Gasteiger partial charge in [0.05, 0.1) is 5.75 Å². The molecule has 1 aromatic rings. The molecule has 0 saturated carbocycles. The largest absolute Gasteiger partial charge is 0.357 e. The quantitative estimate of drug-likeness (QED) is 0.786. The molecule has 8 heteroatoms. The minimum atomic E-state index is -0.0625. The van der Waals surface area contributed by atoms with E-state index >= 15 is 0 Å². The molecule has 0 aliphatic heterocycles. The molecule has 0 bridgehead atoms. The third-order valence-electron chi connectivity index (χ3n) is 1.59. The van der Waals surface area contributed by atoms with Crippen molar-refractivity contribution in [3.63, 3.8) is 0 Å². The van der Waals surface area contributed by atoms with Crippen molar-refractivity contribution in [2.24, 2.45) is 0 Å². The fourth-order valence-corrected chi connectivity index (χ4v) is 1.86. The van der Waals surface area contributed by atoms with Crippen LogP contribution in [0.3, 0.4) is 0 Å². The Morgan fingerprint density at radius 2 is 2.12 bits per heavy atom. The molecule has 17 heavy (non-hydrogen) atoms. The van der Waals surface area contributed by atoms with Crippen LogP contribution in [-0.4, -0.2) is 39.7 Å². The topological polar surface area (TPSA) is 79.8 Å². The second kappa shape index (κ2) is 6.61. The zero-order chi connectivity index (χ0) is 12.8. The summed E-state index contributed by atoms with van der Waals surface area (Å²) in [6, 6.07) is 0.123. The van der Waals surface area contributed by atoms with E-state index in [9.17, 15) is 4.79 Å². The molecule has 1 aromatic heterocycles. The van der Waals surface area contributed by atoms with Crippen molar-refractivity contribution in [2.45, 2.75) is 25.0 Å². The van der Waals surface area contributed by atoms with E-state index in [1.54, 1.807) is 7.05 Å². The third kappa shape index (κ3) is 5.18. The number of carbonyl (C=O) groups is 1. The average molecular weight is 276 g/mol. The monoisotopic (exact) mass is 275 g/mol. The summed E-state index contributed by atoms with van der Waals surface area (Å²) >= 11 is 6.93. The van der Waals surface area contributed by atoms with Crippen LogP contribution in [-0.2, 0) is 4.79 Å². The van der Waals surface area contributed by atoms with Gasteiger partial charge in [-0.1, -0.05) is 11.8 Å². The number of anilines is 1. The van der Waals surface area contributed by atoms with Crippen LogP contribution >= 0.6 is 23.4 Å². The number of carbonyl (C=O) groups excluding carboxylic acids is 1. The van der Waals surface area contributed by atoms with Gasteiger partial charge in [0.1, 0.15) is 0 Å². The molecule has 1 rings (SSSR count). The van der Waals surface area contributed by atoms with Crippen LogP contribution in [0, 0.1) is 0 Å². The van der Waals surface area contributed by atoms with Crippen LogP contribution in [0.25, 0.3) is 0 Å². The maximum Gasteiger partial charge on any atom is 0.230 e. The molecule has 0 aliphatic carbocycles. The lowest BCUT2D eigenvalue weighted by molar-refractivity contribution is -0.119. The predicted molar refractivity (Wildman–Crippen MR) is 68.4 cm³/mol. The summed E-state index contributed by atoms with van der Waals surface area (Å²) in [5.74, 6) is 0.575. The number of hydrogen-bond acceptors (Lipinski definition) is 6. The second-order valence-corrected chi connectivity index (χ2v) is 4.75. The highest BCUT2D eigenvalue weighted by molar-refractivity contribution is 7.99. The van der Waals surface area contributed by atoms with Crippen LogP contribution in [0.2, 0.25) is 5.28 Å². The van der Waals surface area contributed by atoms with Crippen molar-refractivity contribution in [1.29, 1.82) is 0 Å². The highest BCUT2D eigenvalue weighted by atomic mass is 35.5. The molecule has 0 spiro atoms. The molecular weight excluding hydrogens is 262 g/mol. The number of nitrogens with zero attached hydrogens (tertiary/aromatic N) is 3. The Morgan fingerprint density at radius 1 is 1.41 bits per heavy atom. The first-order valence-electron chi connectivity index (χ1n) is 5.02. The van der Waals surface area contributed by atoms with E-state index in [-0.39, 0.29) is 23.0 Å². The van der Waals surface area contributed by atoms with Gasteiger partial charge in [-0.15, -0.1) is 0 Å². The van der Waals surface area contributed by atoms with E-state index < -0.39 is 0 Å². The zero-order valence-electron chi connectivity index (χ0n) is 9.82. The number of hydrogen-bond donors (Lipinski definition) is 2. The smallest absolute Gasteiger partial charge is 0.230 e. The minimum Gasteiger partial charge on any atom is -0.357 e. The molecule has 0 unspecified atom stereocenters. The fraction of sp³-hybridized carbons (Fsp3) is 0.556. The van der Waals surface area contributed by atoms with Crippen LogP contribution in [0.5, 0.6) is 0 Å². The van der Waals surface area contributed by atoms with E-state index in [0.29, 0.717) is 11.1 Å². The molecule has 6 nitrogen and oxygen atoms in total. The van der Waals surface area contributed by atoms with Gasteiger partial charge >= 0.3 is 0 Å². The lowest BCUT2D eigenvalue weighted by atomic mass is 10.4. The van der Waals surface area contributed by atoms with Crippen molar-refractivity contribution in [1.82, 2.24) is 20.3 Å². The Bertz CT molecular complexity index is 401. The standard InChI is InChI=1S/C9H14ClN5OS/c1-5(2)12-6(16)4-17-9-14-7(10)13-8(11-3)15-9/h5H,4H2,1-3H3,(H,12,16)(H,11,13,14,15). The molecule has 2 N–H and O–H groups in total. The zero-order valence-corrected chi connectivity index (χ0v) is 11.4. The Kier molecular flexibility index (Phi) is 5.43. The van der Waals surface area contributed by atoms with Crippen LogP contribution in [0.4, 0.5) is 5.95 Å². The summed E-state index contributed by atoms with van der Waals surface area (Å²) in [7, 11) is 1.69. The third-order valence-corrected chi connectivity index (χ3v) is 2.61. The number of nitrogens with one attached hydrogen (secondary N) is 2. The fourth-order valence-electron chi connectivity index (χ4n) is 1.00. The summed E-state index contributed by atoms with van der Waals surface area (Å²) in [5, 5.41) is 6.08. The van der Waals surface area contributed by atoms with Crippen molar-refractivity contribution >= 4 is 35.2 Å². The number of halogens is 1.